The number of rotatable bonds is 4. The van der Waals surface area contributed by atoms with E-state index in [1.54, 1.807) is 31.9 Å². The first-order valence-corrected chi connectivity index (χ1v) is 9.36. The average molecular weight is 415 g/mol. The smallest absolute Gasteiger partial charge is 0.224 e. The number of nitrogen functional groups attached to an aromatic ring is 2. The lowest BCUT2D eigenvalue weighted by molar-refractivity contribution is 0.389. The predicted octanol–water partition coefficient (Wildman–Crippen LogP) is 2.99. The van der Waals surface area contributed by atoms with Gasteiger partial charge in [0.25, 0.3) is 0 Å². The van der Waals surface area contributed by atoms with E-state index >= 15 is 0 Å². The lowest BCUT2D eigenvalue weighted by Crippen LogP contribution is -2.00. The molecule has 0 saturated heterocycles. The normalized spacial score (nSPS) is 10.4. The third kappa shape index (κ3) is 3.65. The van der Waals surface area contributed by atoms with E-state index in [4.69, 9.17) is 25.7 Å². The molecule has 0 spiro atoms. The number of ether oxygens (including phenoxy) is 3. The molecule has 4 aromatic rings. The maximum Gasteiger partial charge on any atom is 0.224 e. The van der Waals surface area contributed by atoms with Gasteiger partial charge in [-0.05, 0) is 29.8 Å². The summed E-state index contributed by atoms with van der Waals surface area (Å²) in [6, 6.07) is 12.9. The van der Waals surface area contributed by atoms with Crippen LogP contribution in [0.4, 0.5) is 11.5 Å². The Labute approximate surface area is 179 Å². The number of benzene rings is 2. The molecule has 2 aromatic carbocycles. The first-order valence-electron chi connectivity index (χ1n) is 9.36. The van der Waals surface area contributed by atoms with Crippen LogP contribution in [0.1, 0.15) is 11.1 Å². The van der Waals surface area contributed by atoms with Gasteiger partial charge in [0.1, 0.15) is 23.3 Å². The van der Waals surface area contributed by atoms with E-state index in [0.29, 0.717) is 45.5 Å². The molecule has 8 nitrogen and oxygen atoms in total. The Kier molecular flexibility index (Phi) is 5.24. The average Bonchev–Trinajstić information content (AvgIpc) is 3.12. The molecular weight excluding hydrogens is 394 g/mol. The zero-order valence-electron chi connectivity index (χ0n) is 17.3. The second-order valence-electron chi connectivity index (χ2n) is 6.64. The Morgan fingerprint density at radius 2 is 1.55 bits per heavy atom. The molecule has 2 heterocycles. The minimum Gasteiger partial charge on any atom is -0.497 e. The fourth-order valence-corrected chi connectivity index (χ4v) is 3.33. The summed E-state index contributed by atoms with van der Waals surface area (Å²) in [7, 11) is 4.76. The second-order valence-corrected chi connectivity index (χ2v) is 6.64. The molecule has 0 aliphatic carbocycles. The number of nitrogens with two attached hydrogens (primary N) is 2. The fourth-order valence-electron chi connectivity index (χ4n) is 3.33. The monoisotopic (exact) mass is 415 g/mol. The quantitative estimate of drug-likeness (QED) is 0.389. The second kappa shape index (κ2) is 8.16. The van der Waals surface area contributed by atoms with Gasteiger partial charge >= 0.3 is 0 Å². The first kappa shape index (κ1) is 19.9. The lowest BCUT2D eigenvalue weighted by atomic mass is 10.0. The molecule has 8 heteroatoms. The van der Waals surface area contributed by atoms with Gasteiger partial charge in [0.2, 0.25) is 5.88 Å². The number of aromatic nitrogens is 3. The summed E-state index contributed by atoms with van der Waals surface area (Å²) in [6.45, 7) is 0. The Morgan fingerprint density at radius 3 is 2.16 bits per heavy atom. The highest BCUT2D eigenvalue weighted by Crippen LogP contribution is 2.39. The van der Waals surface area contributed by atoms with Crippen molar-refractivity contribution in [2.24, 2.45) is 0 Å². The third-order valence-corrected chi connectivity index (χ3v) is 4.79. The standard InChI is InChI=1S/C23H21N5O3/c1-29-17-10-14(11-18(12-17)30-2)4-9-19-20(15-5-7-16(24)8-6-15)23(31-3)28-21(19)22(25)26-13-27-28/h5-8,10-13H,24H2,1-3H3,(H2,25,26,27). The van der Waals surface area contributed by atoms with Gasteiger partial charge in [0.15, 0.2) is 5.82 Å². The number of hydrogen-bond donors (Lipinski definition) is 2. The van der Waals surface area contributed by atoms with Crippen LogP contribution < -0.4 is 25.7 Å². The zero-order valence-corrected chi connectivity index (χ0v) is 17.3. The summed E-state index contributed by atoms with van der Waals surface area (Å²) in [5.74, 6) is 8.49. The van der Waals surface area contributed by atoms with Crippen molar-refractivity contribution < 1.29 is 14.2 Å². The van der Waals surface area contributed by atoms with Crippen molar-refractivity contribution in [2.75, 3.05) is 32.8 Å². The topological polar surface area (TPSA) is 110 Å². The zero-order chi connectivity index (χ0) is 22.0. The SMILES string of the molecule is COc1cc(C#Cc2c(-c3ccc(N)cc3)c(OC)n3ncnc(N)c23)cc(OC)c1. The van der Waals surface area contributed by atoms with Crippen molar-refractivity contribution in [1.82, 2.24) is 14.6 Å². The molecule has 0 atom stereocenters. The van der Waals surface area contributed by atoms with Gasteiger partial charge in [0.05, 0.1) is 32.5 Å². The highest BCUT2D eigenvalue weighted by molar-refractivity contribution is 5.90. The molecule has 31 heavy (non-hydrogen) atoms. The summed E-state index contributed by atoms with van der Waals surface area (Å²) < 4.78 is 18.0. The molecule has 0 saturated carbocycles. The van der Waals surface area contributed by atoms with Gasteiger partial charge < -0.3 is 25.7 Å². The van der Waals surface area contributed by atoms with Crippen LogP contribution in [0, 0.1) is 11.8 Å². The van der Waals surface area contributed by atoms with Gasteiger partial charge in [-0.25, -0.2) is 4.98 Å². The van der Waals surface area contributed by atoms with Gasteiger partial charge in [-0.3, -0.25) is 0 Å². The van der Waals surface area contributed by atoms with Crippen LogP contribution in [0.5, 0.6) is 17.4 Å². The molecule has 0 aliphatic rings. The van der Waals surface area contributed by atoms with E-state index in [0.717, 1.165) is 11.1 Å². The van der Waals surface area contributed by atoms with E-state index in [1.807, 2.05) is 36.4 Å². The molecule has 0 unspecified atom stereocenters. The van der Waals surface area contributed by atoms with Crippen LogP contribution in [-0.2, 0) is 0 Å². The Morgan fingerprint density at radius 1 is 0.871 bits per heavy atom. The number of hydrogen-bond acceptors (Lipinski definition) is 7. The van der Waals surface area contributed by atoms with Crippen LogP contribution >= 0.6 is 0 Å². The van der Waals surface area contributed by atoms with Crippen molar-refractivity contribution in [3.05, 3.63) is 59.9 Å². The molecule has 0 fully saturated rings. The van der Waals surface area contributed by atoms with E-state index < -0.39 is 0 Å². The number of fused-ring (bicyclic) bond motifs is 1. The lowest BCUT2D eigenvalue weighted by Gasteiger charge is -2.05. The molecule has 0 bridgehead atoms. The van der Waals surface area contributed by atoms with E-state index in [1.165, 1.54) is 6.33 Å². The van der Waals surface area contributed by atoms with E-state index in [2.05, 4.69) is 21.9 Å². The summed E-state index contributed by atoms with van der Waals surface area (Å²) >= 11 is 0. The fraction of sp³-hybridized carbons (Fsp3) is 0.130. The van der Waals surface area contributed by atoms with Crippen LogP contribution in [0.2, 0.25) is 0 Å². The molecule has 2 aromatic heterocycles. The number of anilines is 2. The van der Waals surface area contributed by atoms with Crippen molar-refractivity contribution in [2.45, 2.75) is 0 Å². The largest absolute Gasteiger partial charge is 0.497 e. The molecule has 156 valence electrons. The number of nitrogens with zero attached hydrogens (tertiary/aromatic N) is 3. The Hall–Kier alpha value is -4.38. The molecule has 4 N–H and O–H groups in total. The van der Waals surface area contributed by atoms with Crippen LogP contribution in [0.15, 0.2) is 48.8 Å². The Balaban J connectivity index is 1.99. The maximum absolute atomic E-state index is 6.20. The summed E-state index contributed by atoms with van der Waals surface area (Å²) in [4.78, 5) is 4.14. The van der Waals surface area contributed by atoms with Crippen LogP contribution in [0.25, 0.3) is 16.6 Å². The van der Waals surface area contributed by atoms with E-state index in [-0.39, 0.29) is 0 Å². The predicted molar refractivity (Wildman–Crippen MR) is 119 cm³/mol. The highest BCUT2D eigenvalue weighted by atomic mass is 16.5. The van der Waals surface area contributed by atoms with Gasteiger partial charge in [-0.2, -0.15) is 9.61 Å². The molecule has 0 amide bonds. The van der Waals surface area contributed by atoms with Crippen LogP contribution in [0.3, 0.4) is 0 Å². The molecular formula is C23H21N5O3. The number of methoxy groups -OCH3 is 3. The Bertz CT molecular complexity index is 1300. The van der Waals surface area contributed by atoms with E-state index in [9.17, 15) is 0 Å². The van der Waals surface area contributed by atoms with Crippen molar-refractivity contribution in [3.63, 3.8) is 0 Å². The van der Waals surface area contributed by atoms with Crippen molar-refractivity contribution >= 4 is 17.0 Å². The minimum absolute atomic E-state index is 0.294. The minimum atomic E-state index is 0.294. The highest BCUT2D eigenvalue weighted by Gasteiger charge is 2.22. The first-order chi connectivity index (χ1) is 15.0. The van der Waals surface area contributed by atoms with Crippen molar-refractivity contribution in [3.8, 4) is 40.3 Å². The summed E-state index contributed by atoms with van der Waals surface area (Å²) in [5.41, 5.74) is 16.3. The summed E-state index contributed by atoms with van der Waals surface area (Å²) in [5, 5.41) is 4.32. The third-order valence-electron chi connectivity index (χ3n) is 4.79. The van der Waals surface area contributed by atoms with Crippen LogP contribution in [-0.4, -0.2) is 35.9 Å². The molecule has 0 radical (unpaired) electrons. The van der Waals surface area contributed by atoms with Gasteiger partial charge in [-0.1, -0.05) is 24.0 Å². The van der Waals surface area contributed by atoms with Crippen molar-refractivity contribution in [1.29, 1.82) is 0 Å². The molecule has 4 rings (SSSR count). The maximum atomic E-state index is 6.20. The van der Waals surface area contributed by atoms with Gasteiger partial charge in [0, 0.05) is 17.3 Å². The molecule has 0 aliphatic heterocycles. The van der Waals surface area contributed by atoms with Gasteiger partial charge in [-0.15, -0.1) is 0 Å². The summed E-state index contributed by atoms with van der Waals surface area (Å²) in [6.07, 6.45) is 1.38.